The first kappa shape index (κ1) is 23.1. The Kier molecular flexibility index (Phi) is 7.51. The number of pyridine rings is 1. The zero-order chi connectivity index (χ0) is 23.2. The third-order valence-corrected chi connectivity index (χ3v) is 6.06. The van der Waals surface area contributed by atoms with Crippen molar-refractivity contribution in [2.24, 2.45) is 0 Å². The standard InChI is InChI=1S/C24H32N4O5/c1-30-21-5-4-18(22(31-2)23(21)32-3)17-27-8-6-26(7-9-27)12-13-33-24(29)19-14-20(16-25-15-19)28-10-11-28/h4-5,14-16H,6-13,17H2,1-3H3. The van der Waals surface area contributed by atoms with Crippen molar-refractivity contribution < 1.29 is 23.7 Å². The lowest BCUT2D eigenvalue weighted by molar-refractivity contribution is 0.0418. The Hall–Kier alpha value is -3.04. The van der Waals surface area contributed by atoms with Crippen LogP contribution in [0.4, 0.5) is 5.69 Å². The second kappa shape index (κ2) is 10.7. The molecular formula is C24H32N4O5. The van der Waals surface area contributed by atoms with E-state index in [-0.39, 0.29) is 5.97 Å². The van der Waals surface area contributed by atoms with Crippen LogP contribution in [0.25, 0.3) is 0 Å². The van der Waals surface area contributed by atoms with Crippen molar-refractivity contribution >= 4 is 11.7 Å². The maximum Gasteiger partial charge on any atom is 0.339 e. The summed E-state index contributed by atoms with van der Waals surface area (Å²) in [6.45, 7) is 7.58. The number of nitrogens with zero attached hydrogens (tertiary/aromatic N) is 4. The Labute approximate surface area is 194 Å². The monoisotopic (exact) mass is 456 g/mol. The number of anilines is 1. The maximum atomic E-state index is 12.4. The van der Waals surface area contributed by atoms with Gasteiger partial charge in [-0.2, -0.15) is 0 Å². The van der Waals surface area contributed by atoms with Gasteiger partial charge in [0.15, 0.2) is 11.5 Å². The molecule has 9 nitrogen and oxygen atoms in total. The molecule has 0 radical (unpaired) electrons. The highest BCUT2D eigenvalue weighted by Crippen LogP contribution is 2.40. The fraction of sp³-hybridized carbons (Fsp3) is 0.500. The molecule has 0 spiro atoms. The summed E-state index contributed by atoms with van der Waals surface area (Å²) in [5.74, 6) is 1.67. The second-order valence-electron chi connectivity index (χ2n) is 8.17. The first-order valence-electron chi connectivity index (χ1n) is 11.2. The van der Waals surface area contributed by atoms with Crippen molar-refractivity contribution in [3.63, 3.8) is 0 Å². The number of methoxy groups -OCH3 is 3. The van der Waals surface area contributed by atoms with Crippen LogP contribution >= 0.6 is 0 Å². The molecule has 33 heavy (non-hydrogen) atoms. The highest BCUT2D eigenvalue weighted by Gasteiger charge is 2.22. The summed E-state index contributed by atoms with van der Waals surface area (Å²) in [5.41, 5.74) is 2.55. The number of carbonyl (C=O) groups is 1. The third-order valence-electron chi connectivity index (χ3n) is 6.06. The van der Waals surface area contributed by atoms with Crippen LogP contribution in [0.2, 0.25) is 0 Å². The molecule has 2 aromatic rings. The summed E-state index contributed by atoms with van der Waals surface area (Å²) in [5, 5.41) is 0. The lowest BCUT2D eigenvalue weighted by atomic mass is 10.1. The molecule has 3 heterocycles. The van der Waals surface area contributed by atoms with Gasteiger partial charge in [-0.05, 0) is 12.1 Å². The van der Waals surface area contributed by atoms with Crippen LogP contribution in [0, 0.1) is 0 Å². The average molecular weight is 457 g/mol. The SMILES string of the molecule is COc1ccc(CN2CCN(CCOC(=O)c3cncc(N4CC4)c3)CC2)c(OC)c1OC. The number of aromatic nitrogens is 1. The van der Waals surface area contributed by atoms with Crippen molar-refractivity contribution in [3.05, 3.63) is 41.7 Å². The van der Waals surface area contributed by atoms with Crippen LogP contribution in [0.15, 0.2) is 30.6 Å². The Morgan fingerprint density at radius 3 is 2.30 bits per heavy atom. The van der Waals surface area contributed by atoms with E-state index >= 15 is 0 Å². The fourth-order valence-corrected chi connectivity index (χ4v) is 4.07. The number of benzene rings is 1. The van der Waals surface area contributed by atoms with Crippen LogP contribution in [0.5, 0.6) is 17.2 Å². The van der Waals surface area contributed by atoms with E-state index in [2.05, 4.69) is 19.7 Å². The predicted molar refractivity (Wildman–Crippen MR) is 125 cm³/mol. The van der Waals surface area contributed by atoms with E-state index in [4.69, 9.17) is 18.9 Å². The molecule has 4 rings (SSSR count). The van der Waals surface area contributed by atoms with Gasteiger partial charge in [0.25, 0.3) is 0 Å². The van der Waals surface area contributed by atoms with Crippen LogP contribution < -0.4 is 19.1 Å². The molecule has 2 aliphatic rings. The molecule has 0 bridgehead atoms. The smallest absolute Gasteiger partial charge is 0.339 e. The molecule has 9 heteroatoms. The Morgan fingerprint density at radius 1 is 0.909 bits per heavy atom. The van der Waals surface area contributed by atoms with E-state index in [1.165, 1.54) is 0 Å². The summed E-state index contributed by atoms with van der Waals surface area (Å²) in [4.78, 5) is 23.4. The van der Waals surface area contributed by atoms with Gasteiger partial charge in [0, 0.05) is 64.1 Å². The van der Waals surface area contributed by atoms with E-state index in [9.17, 15) is 4.79 Å². The first-order valence-corrected chi connectivity index (χ1v) is 11.2. The molecule has 0 atom stereocenters. The molecule has 1 aromatic heterocycles. The van der Waals surface area contributed by atoms with Crippen molar-refractivity contribution in [3.8, 4) is 17.2 Å². The van der Waals surface area contributed by atoms with Gasteiger partial charge in [-0.25, -0.2) is 4.79 Å². The van der Waals surface area contributed by atoms with Crippen LogP contribution in [-0.4, -0.2) is 94.5 Å². The number of rotatable bonds is 10. The molecule has 2 fully saturated rings. The molecule has 2 saturated heterocycles. The first-order chi connectivity index (χ1) is 16.1. The fourth-order valence-electron chi connectivity index (χ4n) is 4.07. The molecule has 0 aliphatic carbocycles. The Bertz CT molecular complexity index is 958. The molecular weight excluding hydrogens is 424 g/mol. The molecule has 1 aromatic carbocycles. The Morgan fingerprint density at radius 2 is 1.64 bits per heavy atom. The van der Waals surface area contributed by atoms with Gasteiger partial charge in [-0.1, -0.05) is 6.07 Å². The number of hydrogen-bond acceptors (Lipinski definition) is 9. The summed E-state index contributed by atoms with van der Waals surface area (Å²) in [6.07, 6.45) is 3.34. The molecule has 0 unspecified atom stereocenters. The zero-order valence-corrected chi connectivity index (χ0v) is 19.6. The lowest BCUT2D eigenvalue weighted by Crippen LogP contribution is -2.46. The summed E-state index contributed by atoms with van der Waals surface area (Å²) >= 11 is 0. The van der Waals surface area contributed by atoms with E-state index in [1.54, 1.807) is 33.7 Å². The van der Waals surface area contributed by atoms with Gasteiger partial charge in [0.1, 0.15) is 6.61 Å². The van der Waals surface area contributed by atoms with Crippen molar-refractivity contribution in [2.75, 3.05) is 78.6 Å². The molecule has 2 aliphatic heterocycles. The van der Waals surface area contributed by atoms with Gasteiger partial charge >= 0.3 is 5.97 Å². The number of ether oxygens (including phenoxy) is 4. The normalized spacial score (nSPS) is 16.4. The minimum absolute atomic E-state index is 0.314. The largest absolute Gasteiger partial charge is 0.493 e. The van der Waals surface area contributed by atoms with E-state index in [0.29, 0.717) is 29.4 Å². The van der Waals surface area contributed by atoms with Crippen LogP contribution in [0.3, 0.4) is 0 Å². The second-order valence-corrected chi connectivity index (χ2v) is 8.17. The summed E-state index contributed by atoms with van der Waals surface area (Å²) < 4.78 is 22.0. The van der Waals surface area contributed by atoms with E-state index < -0.39 is 0 Å². The predicted octanol–water partition coefficient (Wildman–Crippen LogP) is 1.90. The Balaban J connectivity index is 1.23. The van der Waals surface area contributed by atoms with Crippen LogP contribution in [0.1, 0.15) is 15.9 Å². The third kappa shape index (κ3) is 5.66. The highest BCUT2D eigenvalue weighted by molar-refractivity contribution is 5.90. The lowest BCUT2D eigenvalue weighted by Gasteiger charge is -2.34. The quantitative estimate of drug-likeness (QED) is 0.394. The number of piperazine rings is 1. The average Bonchev–Trinajstić information content (AvgIpc) is 3.70. The van der Waals surface area contributed by atoms with Gasteiger partial charge in [0.05, 0.1) is 38.8 Å². The minimum atomic E-state index is -0.314. The number of carbonyl (C=O) groups excluding carboxylic acids is 1. The molecule has 0 N–H and O–H groups in total. The van der Waals surface area contributed by atoms with E-state index in [1.807, 2.05) is 18.2 Å². The molecule has 0 amide bonds. The van der Waals surface area contributed by atoms with Crippen LogP contribution in [-0.2, 0) is 11.3 Å². The maximum absolute atomic E-state index is 12.4. The van der Waals surface area contributed by atoms with Gasteiger partial charge < -0.3 is 23.8 Å². The van der Waals surface area contributed by atoms with E-state index in [0.717, 1.165) is 63.6 Å². The zero-order valence-electron chi connectivity index (χ0n) is 19.6. The van der Waals surface area contributed by atoms with Gasteiger partial charge in [-0.3, -0.25) is 14.8 Å². The van der Waals surface area contributed by atoms with Crippen molar-refractivity contribution in [1.29, 1.82) is 0 Å². The van der Waals surface area contributed by atoms with Crippen molar-refractivity contribution in [1.82, 2.24) is 14.8 Å². The highest BCUT2D eigenvalue weighted by atomic mass is 16.5. The van der Waals surface area contributed by atoms with Crippen molar-refractivity contribution in [2.45, 2.75) is 6.54 Å². The topological polar surface area (TPSA) is 76.4 Å². The van der Waals surface area contributed by atoms with Gasteiger partial charge in [0.2, 0.25) is 5.75 Å². The molecule has 0 saturated carbocycles. The van der Waals surface area contributed by atoms with Gasteiger partial charge in [-0.15, -0.1) is 0 Å². The number of esters is 1. The number of hydrogen-bond donors (Lipinski definition) is 0. The summed E-state index contributed by atoms with van der Waals surface area (Å²) in [6, 6.07) is 5.79. The molecule has 178 valence electrons. The summed E-state index contributed by atoms with van der Waals surface area (Å²) in [7, 11) is 4.89. The minimum Gasteiger partial charge on any atom is -0.493 e.